The summed E-state index contributed by atoms with van der Waals surface area (Å²) in [5.41, 5.74) is 6.10. The van der Waals surface area contributed by atoms with E-state index in [1.54, 1.807) is 0 Å². The lowest BCUT2D eigenvalue weighted by molar-refractivity contribution is 0.0474. The molecule has 162 valence electrons. The van der Waals surface area contributed by atoms with Crippen LogP contribution in [0.3, 0.4) is 0 Å². The van der Waals surface area contributed by atoms with Crippen LogP contribution in [-0.2, 0) is 24.2 Å². The summed E-state index contributed by atoms with van der Waals surface area (Å²) in [5.74, 6) is 0.116. The number of hydrogen-bond acceptors (Lipinski definition) is 5. The van der Waals surface area contributed by atoms with Crippen molar-refractivity contribution in [2.45, 2.75) is 46.6 Å². The fourth-order valence-electron chi connectivity index (χ4n) is 4.66. The van der Waals surface area contributed by atoms with Gasteiger partial charge in [-0.15, -0.1) is 0 Å². The number of para-hydroxylation sites is 1. The molecule has 4 aromatic rings. The van der Waals surface area contributed by atoms with Gasteiger partial charge in [0.25, 0.3) is 0 Å². The van der Waals surface area contributed by atoms with E-state index < -0.39 is 5.63 Å². The molecule has 0 spiro atoms. The zero-order valence-electron chi connectivity index (χ0n) is 18.5. The number of carbonyl (C=O) groups excluding carboxylic acids is 1. The first-order valence-electron chi connectivity index (χ1n) is 11.0. The summed E-state index contributed by atoms with van der Waals surface area (Å²) in [7, 11) is 0. The van der Waals surface area contributed by atoms with E-state index in [1.165, 1.54) is 6.07 Å². The number of aryl methyl sites for hydroxylation is 3. The minimum absolute atomic E-state index is 0.00438. The van der Waals surface area contributed by atoms with Crippen LogP contribution >= 0.6 is 0 Å². The molecule has 0 saturated heterocycles. The molecule has 2 aromatic heterocycles. The molecule has 5 rings (SSSR count). The molecule has 0 saturated carbocycles. The van der Waals surface area contributed by atoms with Crippen molar-refractivity contribution in [2.24, 2.45) is 5.92 Å². The SMILES string of the molecule is Cc1ccc2c(COC(=O)c3c4c(nc5ccccc35)CCC(C)C4)cc(=O)oc2c1C. The quantitative estimate of drug-likeness (QED) is 0.322. The highest BCUT2D eigenvalue weighted by Crippen LogP contribution is 2.32. The Hall–Kier alpha value is -3.47. The number of nitrogens with zero attached hydrogens (tertiary/aromatic N) is 1. The Kier molecular flexibility index (Phi) is 5.04. The summed E-state index contributed by atoms with van der Waals surface area (Å²) in [6.45, 7) is 6.10. The van der Waals surface area contributed by atoms with Crippen LogP contribution in [0.1, 0.15) is 51.7 Å². The predicted molar refractivity (Wildman–Crippen MR) is 124 cm³/mol. The minimum atomic E-state index is -0.446. The van der Waals surface area contributed by atoms with E-state index >= 15 is 0 Å². The summed E-state index contributed by atoms with van der Waals surface area (Å²) in [6, 6.07) is 13.0. The Labute approximate surface area is 186 Å². The van der Waals surface area contributed by atoms with Crippen molar-refractivity contribution in [2.75, 3.05) is 0 Å². The molecule has 0 N–H and O–H groups in total. The molecule has 1 aliphatic rings. The fraction of sp³-hybridized carbons (Fsp3) is 0.296. The number of carbonyl (C=O) groups is 1. The Morgan fingerprint density at radius 3 is 2.81 bits per heavy atom. The topological polar surface area (TPSA) is 69.4 Å². The van der Waals surface area contributed by atoms with Gasteiger partial charge in [0.15, 0.2) is 0 Å². The Morgan fingerprint density at radius 2 is 1.97 bits per heavy atom. The summed E-state index contributed by atoms with van der Waals surface area (Å²) < 4.78 is 11.3. The van der Waals surface area contributed by atoms with Crippen molar-refractivity contribution >= 4 is 27.8 Å². The van der Waals surface area contributed by atoms with Crippen LogP contribution in [0.4, 0.5) is 0 Å². The monoisotopic (exact) mass is 427 g/mol. The number of hydrogen-bond donors (Lipinski definition) is 0. The van der Waals surface area contributed by atoms with Crippen molar-refractivity contribution < 1.29 is 13.9 Å². The van der Waals surface area contributed by atoms with E-state index in [4.69, 9.17) is 14.1 Å². The first-order valence-corrected chi connectivity index (χ1v) is 11.0. The molecule has 1 atom stereocenters. The second kappa shape index (κ2) is 7.90. The minimum Gasteiger partial charge on any atom is -0.457 e. The lowest BCUT2D eigenvalue weighted by Crippen LogP contribution is -2.19. The molecule has 1 aliphatic carbocycles. The molecule has 0 radical (unpaired) electrons. The molecular formula is C27H25NO4. The van der Waals surface area contributed by atoms with E-state index in [0.29, 0.717) is 22.6 Å². The van der Waals surface area contributed by atoms with E-state index in [1.807, 2.05) is 50.2 Å². The van der Waals surface area contributed by atoms with E-state index in [9.17, 15) is 9.59 Å². The van der Waals surface area contributed by atoms with Gasteiger partial charge in [-0.2, -0.15) is 0 Å². The number of ether oxygens (including phenoxy) is 1. The average molecular weight is 428 g/mol. The van der Waals surface area contributed by atoms with Gasteiger partial charge in [0.05, 0.1) is 11.1 Å². The van der Waals surface area contributed by atoms with Gasteiger partial charge in [0.1, 0.15) is 12.2 Å². The van der Waals surface area contributed by atoms with Crippen molar-refractivity contribution in [1.29, 1.82) is 0 Å². The van der Waals surface area contributed by atoms with Crippen LogP contribution in [0, 0.1) is 19.8 Å². The third-order valence-electron chi connectivity index (χ3n) is 6.59. The van der Waals surface area contributed by atoms with Crippen molar-refractivity contribution in [3.8, 4) is 0 Å². The maximum Gasteiger partial charge on any atom is 0.339 e. The first kappa shape index (κ1) is 20.4. The molecule has 2 aromatic carbocycles. The Bertz CT molecular complexity index is 1430. The number of aromatic nitrogens is 1. The van der Waals surface area contributed by atoms with Gasteiger partial charge >= 0.3 is 11.6 Å². The average Bonchev–Trinajstić information content (AvgIpc) is 2.78. The summed E-state index contributed by atoms with van der Waals surface area (Å²) >= 11 is 0. The van der Waals surface area contributed by atoms with Crippen molar-refractivity contribution in [3.05, 3.63) is 86.4 Å². The van der Waals surface area contributed by atoms with Gasteiger partial charge in [-0.25, -0.2) is 9.59 Å². The largest absolute Gasteiger partial charge is 0.457 e. The van der Waals surface area contributed by atoms with Gasteiger partial charge in [-0.3, -0.25) is 4.98 Å². The molecule has 0 bridgehead atoms. The first-order chi connectivity index (χ1) is 15.4. The number of rotatable bonds is 3. The van der Waals surface area contributed by atoms with Crippen LogP contribution < -0.4 is 5.63 Å². The van der Waals surface area contributed by atoms with Crippen molar-refractivity contribution in [3.63, 3.8) is 0 Å². The van der Waals surface area contributed by atoms with Crippen LogP contribution in [0.2, 0.25) is 0 Å². The maximum atomic E-state index is 13.4. The molecule has 0 fully saturated rings. The number of esters is 1. The van der Waals surface area contributed by atoms with E-state index in [-0.39, 0.29) is 12.6 Å². The second-order valence-corrected chi connectivity index (χ2v) is 8.83. The maximum absolute atomic E-state index is 13.4. The third kappa shape index (κ3) is 3.48. The molecule has 5 heteroatoms. The fourth-order valence-corrected chi connectivity index (χ4v) is 4.66. The van der Waals surface area contributed by atoms with Gasteiger partial charge in [0, 0.05) is 28.1 Å². The molecule has 0 amide bonds. The van der Waals surface area contributed by atoms with Crippen LogP contribution in [0.15, 0.2) is 51.7 Å². The standard InChI is InChI=1S/C27H25NO4/c1-15-8-11-23-21(12-15)25(20-6-4-5-7-22(20)28-23)27(30)31-14-18-13-24(29)32-26-17(3)16(2)9-10-19(18)26/h4-7,9-10,13,15H,8,11-12,14H2,1-3H3. The highest BCUT2D eigenvalue weighted by atomic mass is 16.5. The predicted octanol–water partition coefficient (Wildman–Crippen LogP) is 5.44. The summed E-state index contributed by atoms with van der Waals surface area (Å²) in [4.78, 5) is 30.4. The number of benzene rings is 2. The van der Waals surface area contributed by atoms with Crippen LogP contribution in [0.25, 0.3) is 21.9 Å². The van der Waals surface area contributed by atoms with Gasteiger partial charge in [0.2, 0.25) is 0 Å². The number of pyridine rings is 1. The Morgan fingerprint density at radius 1 is 1.16 bits per heavy atom. The summed E-state index contributed by atoms with van der Waals surface area (Å²) in [5, 5.41) is 1.60. The molecule has 32 heavy (non-hydrogen) atoms. The Balaban J connectivity index is 1.55. The van der Waals surface area contributed by atoms with Crippen LogP contribution in [0.5, 0.6) is 0 Å². The van der Waals surface area contributed by atoms with Gasteiger partial charge < -0.3 is 9.15 Å². The zero-order chi connectivity index (χ0) is 22.4. The second-order valence-electron chi connectivity index (χ2n) is 8.83. The molecular weight excluding hydrogens is 402 g/mol. The smallest absolute Gasteiger partial charge is 0.339 e. The highest BCUT2D eigenvalue weighted by molar-refractivity contribution is 6.05. The zero-order valence-corrected chi connectivity index (χ0v) is 18.5. The number of fused-ring (bicyclic) bond motifs is 3. The lowest BCUT2D eigenvalue weighted by Gasteiger charge is -2.24. The lowest BCUT2D eigenvalue weighted by atomic mass is 9.84. The van der Waals surface area contributed by atoms with Crippen LogP contribution in [-0.4, -0.2) is 11.0 Å². The highest BCUT2D eigenvalue weighted by Gasteiger charge is 2.26. The third-order valence-corrected chi connectivity index (χ3v) is 6.59. The van der Waals surface area contributed by atoms with E-state index in [2.05, 4.69) is 6.92 Å². The summed E-state index contributed by atoms with van der Waals surface area (Å²) in [6.07, 6.45) is 2.75. The molecule has 1 unspecified atom stereocenters. The molecule has 0 aliphatic heterocycles. The normalized spacial score (nSPS) is 15.7. The van der Waals surface area contributed by atoms with E-state index in [0.717, 1.165) is 57.9 Å². The van der Waals surface area contributed by atoms with Gasteiger partial charge in [-0.05, 0) is 61.8 Å². The van der Waals surface area contributed by atoms with Crippen molar-refractivity contribution in [1.82, 2.24) is 4.98 Å². The molecule has 5 nitrogen and oxygen atoms in total. The van der Waals surface area contributed by atoms with Gasteiger partial charge in [-0.1, -0.05) is 37.3 Å². The molecule has 2 heterocycles.